The number of nitrogens with one attached hydrogen (secondary N) is 2. The van der Waals surface area contributed by atoms with Crippen LogP contribution in [0.3, 0.4) is 0 Å². The predicted octanol–water partition coefficient (Wildman–Crippen LogP) is 4.97. The minimum absolute atomic E-state index is 0.0776. The zero-order valence-electron chi connectivity index (χ0n) is 16.2. The van der Waals surface area contributed by atoms with Crippen LogP contribution in [0.2, 0.25) is 0 Å². The number of carbonyl (C=O) groups excluding carboxylic acids is 2. The number of anilines is 1. The quantitative estimate of drug-likeness (QED) is 0.648. The Kier molecular flexibility index (Phi) is 4.47. The Morgan fingerprint density at radius 3 is 2.59 bits per heavy atom. The van der Waals surface area contributed by atoms with Crippen molar-refractivity contribution >= 4 is 28.8 Å². The number of carbonyl (C=O) groups is 2. The van der Waals surface area contributed by atoms with Crippen LogP contribution in [-0.4, -0.2) is 17.9 Å². The van der Waals surface area contributed by atoms with Crippen molar-refractivity contribution in [3.05, 3.63) is 75.7 Å². The average molecular weight is 403 g/mol. The van der Waals surface area contributed by atoms with Crippen LogP contribution < -0.4 is 10.6 Å². The summed E-state index contributed by atoms with van der Waals surface area (Å²) in [6.07, 6.45) is 4.07. The Bertz CT molecular complexity index is 1130. The van der Waals surface area contributed by atoms with Crippen molar-refractivity contribution in [1.29, 1.82) is 0 Å². The third kappa shape index (κ3) is 3.58. The molecule has 29 heavy (non-hydrogen) atoms. The highest BCUT2D eigenvalue weighted by Gasteiger charge is 2.24. The van der Waals surface area contributed by atoms with Gasteiger partial charge < -0.3 is 10.6 Å². The summed E-state index contributed by atoms with van der Waals surface area (Å²) in [4.78, 5) is 27.2. The molecule has 0 radical (unpaired) electrons. The molecule has 1 aromatic heterocycles. The van der Waals surface area contributed by atoms with Gasteiger partial charge in [0.05, 0.1) is 4.88 Å². The summed E-state index contributed by atoms with van der Waals surface area (Å²) in [6, 6.07) is 16.2. The highest BCUT2D eigenvalue weighted by Crippen LogP contribution is 2.39. The van der Waals surface area contributed by atoms with Crippen LogP contribution in [0.1, 0.15) is 49.6 Å². The van der Waals surface area contributed by atoms with E-state index in [0.29, 0.717) is 22.2 Å². The third-order valence-corrected chi connectivity index (χ3v) is 6.83. The summed E-state index contributed by atoms with van der Waals surface area (Å²) < 4.78 is 0. The van der Waals surface area contributed by atoms with Crippen LogP contribution in [-0.2, 0) is 12.8 Å². The molecule has 5 rings (SSSR count). The molecule has 146 valence electrons. The van der Waals surface area contributed by atoms with Gasteiger partial charge in [0.15, 0.2) is 0 Å². The molecule has 0 spiro atoms. The van der Waals surface area contributed by atoms with Crippen LogP contribution >= 0.6 is 11.3 Å². The predicted molar refractivity (Wildman–Crippen MR) is 117 cm³/mol. The van der Waals surface area contributed by atoms with Crippen LogP contribution in [0.15, 0.2) is 48.5 Å². The van der Waals surface area contributed by atoms with E-state index in [-0.39, 0.29) is 11.8 Å². The first kappa shape index (κ1) is 18.1. The normalized spacial score (nSPS) is 14.7. The maximum Gasteiger partial charge on any atom is 0.265 e. The summed E-state index contributed by atoms with van der Waals surface area (Å²) in [5.41, 5.74) is 6.04. The molecule has 5 heteroatoms. The Hall–Kier alpha value is -2.92. The fourth-order valence-electron chi connectivity index (χ4n) is 3.76. The number of rotatable bonds is 4. The first-order chi connectivity index (χ1) is 14.1. The van der Waals surface area contributed by atoms with Crippen molar-refractivity contribution in [2.75, 3.05) is 5.32 Å². The van der Waals surface area contributed by atoms with Crippen molar-refractivity contribution in [3.63, 3.8) is 0 Å². The first-order valence-corrected chi connectivity index (χ1v) is 10.8. The Labute approximate surface area is 174 Å². The molecule has 0 aliphatic heterocycles. The Balaban J connectivity index is 1.39. The molecular weight excluding hydrogens is 380 g/mol. The van der Waals surface area contributed by atoms with E-state index in [0.717, 1.165) is 31.2 Å². The molecule has 0 bridgehead atoms. The summed E-state index contributed by atoms with van der Waals surface area (Å²) >= 11 is 1.55. The van der Waals surface area contributed by atoms with Crippen molar-refractivity contribution < 1.29 is 9.59 Å². The minimum Gasteiger partial charge on any atom is -0.349 e. The second-order valence-electron chi connectivity index (χ2n) is 7.85. The van der Waals surface area contributed by atoms with E-state index >= 15 is 0 Å². The van der Waals surface area contributed by atoms with Crippen LogP contribution in [0.4, 0.5) is 5.69 Å². The Morgan fingerprint density at radius 1 is 0.966 bits per heavy atom. The molecule has 0 atom stereocenters. The maximum absolute atomic E-state index is 13.0. The lowest BCUT2D eigenvalue weighted by Crippen LogP contribution is -2.25. The molecule has 1 heterocycles. The van der Waals surface area contributed by atoms with E-state index in [4.69, 9.17) is 0 Å². The number of thiophene rings is 1. The van der Waals surface area contributed by atoms with Crippen LogP contribution in [0.25, 0.3) is 10.4 Å². The van der Waals surface area contributed by atoms with E-state index in [1.807, 2.05) is 25.1 Å². The zero-order valence-corrected chi connectivity index (χ0v) is 17.1. The lowest BCUT2D eigenvalue weighted by molar-refractivity contribution is 0.0949. The maximum atomic E-state index is 13.0. The Morgan fingerprint density at radius 2 is 1.76 bits per heavy atom. The van der Waals surface area contributed by atoms with E-state index in [2.05, 4.69) is 34.9 Å². The van der Waals surface area contributed by atoms with Crippen molar-refractivity contribution in [1.82, 2.24) is 5.32 Å². The molecule has 2 aromatic carbocycles. The molecule has 2 amide bonds. The molecule has 2 aliphatic rings. The second-order valence-corrected chi connectivity index (χ2v) is 8.91. The van der Waals surface area contributed by atoms with Crippen LogP contribution in [0, 0.1) is 6.92 Å². The highest BCUT2D eigenvalue weighted by molar-refractivity contribution is 7.17. The SMILES string of the molecule is Cc1ccc(C(=O)NC2CC2)cc1NC(=O)c1cc2c(s1)-c1ccccc1CC2. The standard InChI is InChI=1S/C24H22N2O2S/c1-14-6-7-17(23(27)25-18-10-11-18)12-20(14)26-24(28)21-13-16-9-8-15-4-2-3-5-19(15)22(16)29-21/h2-7,12-13,18H,8-11H2,1H3,(H,25,27)(H,26,28). The van der Waals surface area contributed by atoms with Gasteiger partial charge in [0.25, 0.3) is 11.8 Å². The zero-order chi connectivity index (χ0) is 20.0. The lowest BCUT2D eigenvalue weighted by Gasteiger charge is -2.15. The third-order valence-electron chi connectivity index (χ3n) is 5.62. The summed E-state index contributed by atoms with van der Waals surface area (Å²) in [7, 11) is 0. The molecule has 1 saturated carbocycles. The van der Waals surface area contributed by atoms with Gasteiger partial charge in [-0.25, -0.2) is 0 Å². The molecular formula is C24H22N2O2S. The number of hydrogen-bond donors (Lipinski definition) is 2. The minimum atomic E-state index is -0.121. The van der Waals surface area contributed by atoms with Crippen molar-refractivity contribution in [2.24, 2.45) is 0 Å². The summed E-state index contributed by atoms with van der Waals surface area (Å²) in [6.45, 7) is 1.94. The van der Waals surface area contributed by atoms with Gasteiger partial charge in [0.1, 0.15) is 0 Å². The van der Waals surface area contributed by atoms with Crippen LogP contribution in [0.5, 0.6) is 0 Å². The molecule has 2 aliphatic carbocycles. The van der Waals surface area contributed by atoms with Crippen molar-refractivity contribution in [3.8, 4) is 10.4 Å². The molecule has 1 fully saturated rings. The fourth-order valence-corrected chi connectivity index (χ4v) is 4.93. The van der Waals surface area contributed by atoms with Crippen molar-refractivity contribution in [2.45, 2.75) is 38.6 Å². The van der Waals surface area contributed by atoms with E-state index in [9.17, 15) is 9.59 Å². The number of amides is 2. The first-order valence-electron chi connectivity index (χ1n) is 10.0. The molecule has 2 N–H and O–H groups in total. The monoisotopic (exact) mass is 402 g/mol. The van der Waals surface area contributed by atoms with Gasteiger partial charge in [-0.3, -0.25) is 9.59 Å². The number of fused-ring (bicyclic) bond motifs is 3. The smallest absolute Gasteiger partial charge is 0.265 e. The molecule has 0 saturated heterocycles. The fraction of sp³-hybridized carbons (Fsp3) is 0.250. The van der Waals surface area contributed by atoms with Gasteiger partial charge in [0, 0.05) is 22.2 Å². The van der Waals surface area contributed by atoms with E-state index in [1.165, 1.54) is 21.6 Å². The molecule has 3 aromatic rings. The van der Waals surface area contributed by atoms with Gasteiger partial charge in [0.2, 0.25) is 0 Å². The number of hydrogen-bond acceptors (Lipinski definition) is 3. The largest absolute Gasteiger partial charge is 0.349 e. The van der Waals surface area contributed by atoms with E-state index < -0.39 is 0 Å². The molecule has 0 unspecified atom stereocenters. The highest BCUT2D eigenvalue weighted by atomic mass is 32.1. The van der Waals surface area contributed by atoms with Gasteiger partial charge in [-0.2, -0.15) is 0 Å². The van der Waals surface area contributed by atoms with Gasteiger partial charge in [-0.1, -0.05) is 30.3 Å². The topological polar surface area (TPSA) is 58.2 Å². The van der Waals surface area contributed by atoms with Gasteiger partial charge in [-0.05, 0) is 73.1 Å². The lowest BCUT2D eigenvalue weighted by atomic mass is 9.91. The van der Waals surface area contributed by atoms with E-state index in [1.54, 1.807) is 17.4 Å². The molecule has 4 nitrogen and oxygen atoms in total. The summed E-state index contributed by atoms with van der Waals surface area (Å²) in [5, 5.41) is 6.01. The van der Waals surface area contributed by atoms with Gasteiger partial charge in [-0.15, -0.1) is 11.3 Å². The average Bonchev–Trinajstić information content (AvgIpc) is 3.43. The van der Waals surface area contributed by atoms with Gasteiger partial charge >= 0.3 is 0 Å². The summed E-state index contributed by atoms with van der Waals surface area (Å²) in [5.74, 6) is -0.198. The second kappa shape index (κ2) is 7.16. The number of benzene rings is 2. The number of aryl methyl sites for hydroxylation is 3.